The summed E-state index contributed by atoms with van der Waals surface area (Å²) >= 11 is 0. The first-order valence-electron chi connectivity index (χ1n) is 4.42. The zero-order chi connectivity index (χ0) is 12.1. The van der Waals surface area contributed by atoms with E-state index in [2.05, 4.69) is 0 Å². The van der Waals surface area contributed by atoms with Gasteiger partial charge in [0.25, 0.3) is 0 Å². The first kappa shape index (κ1) is 11.9. The van der Waals surface area contributed by atoms with Crippen LogP contribution >= 0.6 is 0 Å². The fourth-order valence-electron chi connectivity index (χ4n) is 1.19. The van der Waals surface area contributed by atoms with Crippen molar-refractivity contribution < 1.29 is 24.2 Å². The smallest absolute Gasteiger partial charge is 0.339 e. The Kier molecular flexibility index (Phi) is 3.77. The van der Waals surface area contributed by atoms with Crippen molar-refractivity contribution in [3.63, 3.8) is 0 Å². The third-order valence-electron chi connectivity index (χ3n) is 1.85. The van der Waals surface area contributed by atoms with E-state index in [0.29, 0.717) is 0 Å². The van der Waals surface area contributed by atoms with Crippen molar-refractivity contribution in [2.24, 2.45) is 0 Å². The minimum atomic E-state index is -1.38. The Morgan fingerprint density at radius 1 is 1.31 bits per heavy atom. The molecule has 0 amide bonds. The molecule has 0 aromatic heterocycles. The van der Waals surface area contributed by atoms with Crippen LogP contribution < -0.4 is 0 Å². The highest BCUT2D eigenvalue weighted by atomic mass is 19.1. The summed E-state index contributed by atoms with van der Waals surface area (Å²) in [5.41, 5.74) is -0.308. The largest absolute Gasteiger partial charge is 0.481 e. The summed E-state index contributed by atoms with van der Waals surface area (Å²) in [7, 11) is 0. The molecular formula is C11H9FO4. The maximum absolute atomic E-state index is 13.2. The summed E-state index contributed by atoms with van der Waals surface area (Å²) in [6, 6.07) is 3.81. The van der Waals surface area contributed by atoms with Gasteiger partial charge in [-0.05, 0) is 11.6 Å². The number of aliphatic carboxylic acids is 1. The number of benzene rings is 1. The maximum Gasteiger partial charge on any atom is 0.339 e. The molecule has 0 saturated heterocycles. The fraction of sp³-hybridized carbons (Fsp3) is 0.0909. The van der Waals surface area contributed by atoms with Gasteiger partial charge in [0.15, 0.2) is 0 Å². The molecule has 5 heteroatoms. The van der Waals surface area contributed by atoms with Gasteiger partial charge < -0.3 is 10.2 Å². The lowest BCUT2D eigenvalue weighted by Crippen LogP contribution is -2.03. The van der Waals surface area contributed by atoms with Crippen LogP contribution in [0.1, 0.15) is 22.3 Å². The number of carbonyl (C=O) groups is 2. The average Bonchev–Trinajstić information content (AvgIpc) is 2.16. The zero-order valence-electron chi connectivity index (χ0n) is 8.18. The summed E-state index contributed by atoms with van der Waals surface area (Å²) < 4.78 is 13.2. The molecule has 0 unspecified atom stereocenters. The Hall–Kier alpha value is -2.17. The van der Waals surface area contributed by atoms with Crippen molar-refractivity contribution in [1.29, 1.82) is 0 Å². The molecule has 0 heterocycles. The standard InChI is InChI=1S/C11H9FO4/c12-8-5-1-3-7(10(8)11(15)16)4-2-6-9(13)14/h1-5H,6H2,(H,13,14)(H,15,16). The van der Waals surface area contributed by atoms with Crippen molar-refractivity contribution in [3.8, 4) is 0 Å². The number of rotatable bonds is 4. The number of hydrogen-bond donors (Lipinski definition) is 2. The van der Waals surface area contributed by atoms with E-state index in [-0.39, 0.29) is 12.0 Å². The molecule has 0 aliphatic carbocycles. The first-order valence-corrected chi connectivity index (χ1v) is 4.42. The van der Waals surface area contributed by atoms with Crippen molar-refractivity contribution >= 4 is 18.0 Å². The van der Waals surface area contributed by atoms with Crippen molar-refractivity contribution in [2.45, 2.75) is 6.42 Å². The van der Waals surface area contributed by atoms with Crippen molar-refractivity contribution in [1.82, 2.24) is 0 Å². The van der Waals surface area contributed by atoms with Gasteiger partial charge in [-0.3, -0.25) is 4.79 Å². The molecule has 0 radical (unpaired) electrons. The van der Waals surface area contributed by atoms with Crippen LogP contribution in [0.25, 0.3) is 6.08 Å². The van der Waals surface area contributed by atoms with Crippen LogP contribution in [0.2, 0.25) is 0 Å². The van der Waals surface area contributed by atoms with E-state index in [0.717, 1.165) is 6.07 Å². The number of carboxylic acids is 2. The van der Waals surface area contributed by atoms with Crippen molar-refractivity contribution in [3.05, 3.63) is 41.2 Å². The predicted octanol–water partition coefficient (Wildman–Crippen LogP) is 2.01. The minimum Gasteiger partial charge on any atom is -0.481 e. The number of halogens is 1. The molecule has 84 valence electrons. The Bertz CT molecular complexity index is 451. The van der Waals surface area contributed by atoms with Crippen LogP contribution in [0.15, 0.2) is 24.3 Å². The van der Waals surface area contributed by atoms with E-state index in [9.17, 15) is 14.0 Å². The Balaban J connectivity index is 3.04. The van der Waals surface area contributed by atoms with Crippen LogP contribution in [0, 0.1) is 5.82 Å². The van der Waals surface area contributed by atoms with E-state index in [1.807, 2.05) is 0 Å². The van der Waals surface area contributed by atoms with Crippen LogP contribution in [-0.4, -0.2) is 22.2 Å². The lowest BCUT2D eigenvalue weighted by atomic mass is 10.1. The van der Waals surface area contributed by atoms with Gasteiger partial charge in [0, 0.05) is 0 Å². The molecule has 0 spiro atoms. The SMILES string of the molecule is O=C(O)CC=Cc1cccc(F)c1C(=O)O. The van der Waals surface area contributed by atoms with Crippen molar-refractivity contribution in [2.75, 3.05) is 0 Å². The van der Waals surface area contributed by atoms with E-state index < -0.39 is 23.3 Å². The van der Waals surface area contributed by atoms with Crippen LogP contribution in [0.3, 0.4) is 0 Å². The van der Waals surface area contributed by atoms with E-state index in [4.69, 9.17) is 10.2 Å². The summed E-state index contributed by atoms with van der Waals surface area (Å²) in [5.74, 6) is -3.26. The molecule has 2 N–H and O–H groups in total. The average molecular weight is 224 g/mol. The Morgan fingerprint density at radius 3 is 2.56 bits per heavy atom. The molecule has 16 heavy (non-hydrogen) atoms. The van der Waals surface area contributed by atoms with Gasteiger partial charge >= 0.3 is 11.9 Å². The van der Waals surface area contributed by atoms with Crippen LogP contribution in [-0.2, 0) is 4.79 Å². The van der Waals surface area contributed by atoms with E-state index in [1.54, 1.807) is 0 Å². The van der Waals surface area contributed by atoms with Gasteiger partial charge in [0.05, 0.1) is 6.42 Å². The molecule has 4 nitrogen and oxygen atoms in total. The Labute approximate surface area is 90.6 Å². The van der Waals surface area contributed by atoms with Gasteiger partial charge in [-0.1, -0.05) is 24.3 Å². The number of carboxylic acid groups (broad SMARTS) is 2. The molecule has 0 fully saturated rings. The maximum atomic E-state index is 13.2. The zero-order valence-corrected chi connectivity index (χ0v) is 8.18. The molecule has 0 saturated carbocycles. The second-order valence-electron chi connectivity index (χ2n) is 3.01. The number of aromatic carboxylic acids is 1. The van der Waals surface area contributed by atoms with Gasteiger partial charge in [-0.2, -0.15) is 0 Å². The third kappa shape index (κ3) is 2.91. The minimum absolute atomic E-state index is 0.147. The highest BCUT2D eigenvalue weighted by molar-refractivity contribution is 5.92. The highest BCUT2D eigenvalue weighted by Gasteiger charge is 2.13. The second kappa shape index (κ2) is 5.06. The summed E-state index contributed by atoms with van der Waals surface area (Å²) in [5, 5.41) is 17.1. The molecule has 0 aliphatic heterocycles. The first-order chi connectivity index (χ1) is 7.52. The van der Waals surface area contributed by atoms with Gasteiger partial charge in [0.2, 0.25) is 0 Å². The normalized spacial score (nSPS) is 10.6. The molecular weight excluding hydrogens is 215 g/mol. The molecule has 0 bridgehead atoms. The third-order valence-corrected chi connectivity index (χ3v) is 1.85. The van der Waals surface area contributed by atoms with Crippen LogP contribution in [0.4, 0.5) is 4.39 Å². The lowest BCUT2D eigenvalue weighted by molar-refractivity contribution is -0.135. The summed E-state index contributed by atoms with van der Waals surface area (Å²) in [6.07, 6.45) is 2.31. The fourth-order valence-corrected chi connectivity index (χ4v) is 1.19. The quantitative estimate of drug-likeness (QED) is 0.820. The lowest BCUT2D eigenvalue weighted by Gasteiger charge is -2.01. The highest BCUT2D eigenvalue weighted by Crippen LogP contribution is 2.15. The molecule has 1 rings (SSSR count). The summed E-state index contributed by atoms with van der Waals surface area (Å²) in [4.78, 5) is 21.0. The Morgan fingerprint density at radius 2 is 2.00 bits per heavy atom. The molecule has 1 aromatic rings. The van der Waals surface area contributed by atoms with E-state index >= 15 is 0 Å². The predicted molar refractivity (Wildman–Crippen MR) is 54.6 cm³/mol. The second-order valence-corrected chi connectivity index (χ2v) is 3.01. The summed E-state index contributed by atoms with van der Waals surface area (Å²) in [6.45, 7) is 0. The molecule has 0 atom stereocenters. The van der Waals surface area contributed by atoms with Crippen LogP contribution in [0.5, 0.6) is 0 Å². The number of hydrogen-bond acceptors (Lipinski definition) is 2. The topological polar surface area (TPSA) is 74.6 Å². The van der Waals surface area contributed by atoms with Gasteiger partial charge in [-0.15, -0.1) is 0 Å². The monoisotopic (exact) mass is 224 g/mol. The van der Waals surface area contributed by atoms with Gasteiger partial charge in [0.1, 0.15) is 11.4 Å². The molecule has 0 aliphatic rings. The molecule has 1 aromatic carbocycles. The van der Waals surface area contributed by atoms with Gasteiger partial charge in [-0.25, -0.2) is 9.18 Å². The van der Waals surface area contributed by atoms with E-state index in [1.165, 1.54) is 24.3 Å².